The fourth-order valence-electron chi connectivity index (χ4n) is 2.71. The highest BCUT2D eigenvalue weighted by molar-refractivity contribution is 5.92. The molecule has 1 aromatic heterocycles. The Labute approximate surface area is 175 Å². The van der Waals surface area contributed by atoms with Gasteiger partial charge >= 0.3 is 6.18 Å². The number of benzene rings is 2. The summed E-state index contributed by atoms with van der Waals surface area (Å²) in [5.41, 5.74) is 0.636. The second kappa shape index (κ2) is 9.24. The monoisotopic (exact) mass is 429 g/mol. The number of alkyl halides is 3. The van der Waals surface area contributed by atoms with E-state index in [1.54, 1.807) is 30.3 Å². The first kappa shape index (κ1) is 21.8. The lowest BCUT2D eigenvalue weighted by Gasteiger charge is -2.10. The number of nitrogens with zero attached hydrogens (tertiary/aromatic N) is 2. The molecule has 7 nitrogen and oxygen atoms in total. The molecule has 31 heavy (non-hydrogen) atoms. The number of rotatable bonds is 6. The average Bonchev–Trinajstić information content (AvgIpc) is 2.69. The van der Waals surface area contributed by atoms with Crippen molar-refractivity contribution in [3.05, 3.63) is 72.1 Å². The van der Waals surface area contributed by atoms with Gasteiger partial charge in [0.2, 0.25) is 11.8 Å². The van der Waals surface area contributed by atoms with E-state index in [4.69, 9.17) is 0 Å². The van der Waals surface area contributed by atoms with Crippen LogP contribution in [-0.2, 0) is 22.2 Å². The van der Waals surface area contributed by atoms with Gasteiger partial charge in [0.15, 0.2) is 0 Å². The van der Waals surface area contributed by atoms with Crippen molar-refractivity contribution in [2.45, 2.75) is 19.5 Å². The minimum Gasteiger partial charge on any atom is -0.340 e. The second-order valence-electron chi connectivity index (χ2n) is 6.60. The van der Waals surface area contributed by atoms with Crippen molar-refractivity contribution >= 4 is 34.8 Å². The van der Waals surface area contributed by atoms with Gasteiger partial charge in [0, 0.05) is 24.4 Å². The molecule has 0 aliphatic heterocycles. The van der Waals surface area contributed by atoms with Gasteiger partial charge in [-0.3, -0.25) is 9.59 Å². The molecule has 2 aromatic carbocycles. The third-order valence-corrected chi connectivity index (χ3v) is 4.03. The molecule has 0 bridgehead atoms. The number of hydrogen-bond donors (Lipinski definition) is 3. The molecule has 0 aliphatic rings. The lowest BCUT2D eigenvalue weighted by molar-refractivity contribution is -0.137. The van der Waals surface area contributed by atoms with E-state index >= 15 is 0 Å². The summed E-state index contributed by atoms with van der Waals surface area (Å²) in [6, 6.07) is 12.9. The highest BCUT2D eigenvalue weighted by Crippen LogP contribution is 2.29. The summed E-state index contributed by atoms with van der Waals surface area (Å²) in [7, 11) is 0. The summed E-state index contributed by atoms with van der Waals surface area (Å²) in [5.74, 6) is 0.120. The predicted molar refractivity (Wildman–Crippen MR) is 110 cm³/mol. The molecular weight excluding hydrogens is 411 g/mol. The molecule has 3 rings (SSSR count). The normalized spacial score (nSPS) is 11.0. The molecule has 10 heteroatoms. The number of anilines is 4. The van der Waals surface area contributed by atoms with Gasteiger partial charge in [-0.05, 0) is 35.9 Å². The Morgan fingerprint density at radius 2 is 1.58 bits per heavy atom. The average molecular weight is 429 g/mol. The smallest absolute Gasteiger partial charge is 0.340 e. The van der Waals surface area contributed by atoms with Crippen LogP contribution in [0.4, 0.5) is 36.2 Å². The zero-order chi connectivity index (χ0) is 22.4. The number of halogens is 3. The van der Waals surface area contributed by atoms with Gasteiger partial charge in [-0.15, -0.1) is 0 Å². The van der Waals surface area contributed by atoms with Gasteiger partial charge in [0.05, 0.1) is 12.0 Å². The van der Waals surface area contributed by atoms with E-state index < -0.39 is 17.6 Å². The Bertz CT molecular complexity index is 1080. The van der Waals surface area contributed by atoms with Gasteiger partial charge in [-0.1, -0.05) is 18.2 Å². The third-order valence-electron chi connectivity index (χ3n) is 4.03. The van der Waals surface area contributed by atoms with Crippen molar-refractivity contribution in [2.24, 2.45) is 0 Å². The van der Waals surface area contributed by atoms with Crippen molar-refractivity contribution in [1.29, 1.82) is 0 Å². The Hall–Kier alpha value is -3.95. The van der Waals surface area contributed by atoms with Gasteiger partial charge < -0.3 is 16.0 Å². The molecule has 0 fully saturated rings. The lowest BCUT2D eigenvalue weighted by Crippen LogP contribution is -2.15. The maximum atomic E-state index is 12.8. The third kappa shape index (κ3) is 6.53. The van der Waals surface area contributed by atoms with Gasteiger partial charge in [0.1, 0.15) is 18.0 Å². The first-order valence-electron chi connectivity index (χ1n) is 9.12. The Kier molecular flexibility index (Phi) is 6.49. The molecule has 3 aromatic rings. The first-order chi connectivity index (χ1) is 14.7. The molecule has 0 atom stereocenters. The topological polar surface area (TPSA) is 96.0 Å². The fraction of sp³-hybridized carbons (Fsp3) is 0.143. The van der Waals surface area contributed by atoms with E-state index in [0.717, 1.165) is 12.1 Å². The molecule has 1 heterocycles. The highest BCUT2D eigenvalue weighted by atomic mass is 19.4. The van der Waals surface area contributed by atoms with Crippen LogP contribution in [0.25, 0.3) is 0 Å². The Morgan fingerprint density at radius 3 is 2.26 bits per heavy atom. The molecule has 0 saturated heterocycles. The largest absolute Gasteiger partial charge is 0.416 e. The molecule has 2 amide bonds. The summed E-state index contributed by atoms with van der Waals surface area (Å²) in [6.07, 6.45) is -3.34. The molecule has 0 aliphatic carbocycles. The van der Waals surface area contributed by atoms with Gasteiger partial charge in [-0.2, -0.15) is 13.2 Å². The lowest BCUT2D eigenvalue weighted by atomic mass is 10.1. The van der Waals surface area contributed by atoms with E-state index in [0.29, 0.717) is 23.0 Å². The zero-order valence-corrected chi connectivity index (χ0v) is 16.3. The summed E-state index contributed by atoms with van der Waals surface area (Å²) < 4.78 is 38.4. The summed E-state index contributed by atoms with van der Waals surface area (Å²) in [6.45, 7) is 1.37. The molecular formula is C21H18F3N5O2. The summed E-state index contributed by atoms with van der Waals surface area (Å²) >= 11 is 0. The second-order valence-corrected chi connectivity index (χ2v) is 6.60. The highest BCUT2D eigenvalue weighted by Gasteiger charge is 2.30. The van der Waals surface area contributed by atoms with Crippen molar-refractivity contribution < 1.29 is 22.8 Å². The van der Waals surface area contributed by atoms with Crippen LogP contribution in [0.3, 0.4) is 0 Å². The minimum atomic E-state index is -4.46. The van der Waals surface area contributed by atoms with E-state index in [-0.39, 0.29) is 17.9 Å². The standard InChI is InChI=1S/C21H18F3N5O2/c1-13(30)27-18-11-19(26-12-25-18)28-16-5-7-17(8-6-16)29-20(31)10-14-3-2-4-15(9-14)21(22,23)24/h2-9,11-12H,10H2,1H3,(H,29,31)(H2,25,26,27,28,30). The van der Waals surface area contributed by atoms with Crippen molar-refractivity contribution in [1.82, 2.24) is 9.97 Å². The maximum Gasteiger partial charge on any atom is 0.416 e. The van der Waals surface area contributed by atoms with Crippen LogP contribution in [0.5, 0.6) is 0 Å². The number of carbonyl (C=O) groups excluding carboxylic acids is 2. The molecule has 160 valence electrons. The molecule has 0 saturated carbocycles. The molecule has 0 unspecified atom stereocenters. The Morgan fingerprint density at radius 1 is 0.903 bits per heavy atom. The van der Waals surface area contributed by atoms with Crippen LogP contribution in [0.2, 0.25) is 0 Å². The van der Waals surface area contributed by atoms with Crippen LogP contribution >= 0.6 is 0 Å². The number of carbonyl (C=O) groups is 2. The number of aromatic nitrogens is 2. The van der Waals surface area contributed by atoms with Gasteiger partial charge in [0.25, 0.3) is 0 Å². The fourth-order valence-corrected chi connectivity index (χ4v) is 2.71. The summed E-state index contributed by atoms with van der Waals surface area (Å²) in [4.78, 5) is 31.3. The van der Waals surface area contributed by atoms with E-state index in [2.05, 4.69) is 25.9 Å². The van der Waals surface area contributed by atoms with Crippen molar-refractivity contribution in [2.75, 3.05) is 16.0 Å². The predicted octanol–water partition coefficient (Wildman–Crippen LogP) is 4.38. The molecule has 0 radical (unpaired) electrons. The maximum absolute atomic E-state index is 12.8. The first-order valence-corrected chi connectivity index (χ1v) is 9.12. The van der Waals surface area contributed by atoms with Crippen molar-refractivity contribution in [3.8, 4) is 0 Å². The number of hydrogen-bond acceptors (Lipinski definition) is 5. The number of nitrogens with one attached hydrogen (secondary N) is 3. The summed E-state index contributed by atoms with van der Waals surface area (Å²) in [5, 5.41) is 8.24. The van der Waals surface area contributed by atoms with E-state index in [1.807, 2.05) is 0 Å². The van der Waals surface area contributed by atoms with Crippen LogP contribution < -0.4 is 16.0 Å². The Balaban J connectivity index is 1.59. The minimum absolute atomic E-state index is 0.184. The molecule has 0 spiro atoms. The SMILES string of the molecule is CC(=O)Nc1cc(Nc2ccc(NC(=O)Cc3cccc(C(F)(F)F)c3)cc2)ncn1. The molecule has 3 N–H and O–H groups in total. The van der Waals surface area contributed by atoms with Crippen molar-refractivity contribution in [3.63, 3.8) is 0 Å². The van der Waals surface area contributed by atoms with Crippen LogP contribution in [0.15, 0.2) is 60.9 Å². The number of amides is 2. The zero-order valence-electron chi connectivity index (χ0n) is 16.3. The van der Waals surface area contributed by atoms with Crippen LogP contribution in [-0.4, -0.2) is 21.8 Å². The van der Waals surface area contributed by atoms with Gasteiger partial charge in [-0.25, -0.2) is 9.97 Å². The van der Waals surface area contributed by atoms with Crippen LogP contribution in [0, 0.1) is 0 Å². The van der Waals surface area contributed by atoms with E-state index in [9.17, 15) is 22.8 Å². The van der Waals surface area contributed by atoms with E-state index in [1.165, 1.54) is 25.4 Å². The van der Waals surface area contributed by atoms with Crippen LogP contribution in [0.1, 0.15) is 18.1 Å². The quantitative estimate of drug-likeness (QED) is 0.541.